The minimum atomic E-state index is -0.967. The zero-order valence-electron chi connectivity index (χ0n) is 19.4. The Hall–Kier alpha value is -2.17. The Balaban J connectivity index is 2.63. The molecule has 0 radical (unpaired) electrons. The molecule has 0 bridgehead atoms. The van der Waals surface area contributed by atoms with Crippen molar-refractivity contribution in [1.82, 2.24) is 0 Å². The second-order valence-electron chi connectivity index (χ2n) is 9.64. The monoisotopic (exact) mass is 416 g/mol. The van der Waals surface area contributed by atoms with Gasteiger partial charge in [0.05, 0.1) is 18.9 Å². The van der Waals surface area contributed by atoms with E-state index >= 15 is 0 Å². The molecule has 1 aliphatic carbocycles. The van der Waals surface area contributed by atoms with Crippen molar-refractivity contribution in [3.8, 4) is 0 Å². The molecule has 0 saturated carbocycles. The van der Waals surface area contributed by atoms with Crippen molar-refractivity contribution in [2.24, 2.45) is 11.3 Å². The number of aryl methyl sites for hydroxylation is 1. The third-order valence-electron chi connectivity index (χ3n) is 7.17. The summed E-state index contributed by atoms with van der Waals surface area (Å²) in [5.74, 6) is -1.08. The van der Waals surface area contributed by atoms with E-state index in [1.165, 1.54) is 12.7 Å². The second-order valence-corrected chi connectivity index (χ2v) is 9.64. The van der Waals surface area contributed by atoms with Crippen LogP contribution in [-0.2, 0) is 26.2 Å². The van der Waals surface area contributed by atoms with Crippen molar-refractivity contribution in [3.63, 3.8) is 0 Å². The summed E-state index contributed by atoms with van der Waals surface area (Å²) in [6, 6.07) is 4.14. The highest BCUT2D eigenvalue weighted by Gasteiger charge is 2.50. The SMILES string of the molecule is CCC1(C)c2cc(C(=O)CCC(=O)O)c(C(C)C)cc2CC[C@H]1C(C)(C)C(=O)OC. The van der Waals surface area contributed by atoms with Crippen LogP contribution in [0, 0.1) is 11.3 Å². The van der Waals surface area contributed by atoms with E-state index in [9.17, 15) is 14.4 Å². The fourth-order valence-corrected chi connectivity index (χ4v) is 5.28. The molecule has 1 unspecified atom stereocenters. The molecule has 0 fully saturated rings. The van der Waals surface area contributed by atoms with Crippen molar-refractivity contribution < 1.29 is 24.2 Å². The maximum atomic E-state index is 13.0. The number of rotatable bonds is 8. The number of hydrogen-bond donors (Lipinski definition) is 1. The predicted molar refractivity (Wildman–Crippen MR) is 117 cm³/mol. The Bertz CT molecular complexity index is 836. The lowest BCUT2D eigenvalue weighted by Gasteiger charge is -2.49. The number of benzene rings is 1. The summed E-state index contributed by atoms with van der Waals surface area (Å²) in [7, 11) is 1.43. The van der Waals surface area contributed by atoms with Crippen LogP contribution in [0.4, 0.5) is 0 Å². The molecule has 1 aromatic carbocycles. The van der Waals surface area contributed by atoms with Crippen molar-refractivity contribution in [2.75, 3.05) is 7.11 Å². The summed E-state index contributed by atoms with van der Waals surface area (Å²) in [6.45, 7) is 12.3. The van der Waals surface area contributed by atoms with Gasteiger partial charge in [-0.15, -0.1) is 0 Å². The average molecular weight is 417 g/mol. The molecule has 5 nitrogen and oxygen atoms in total. The highest BCUT2D eigenvalue weighted by molar-refractivity contribution is 5.99. The number of methoxy groups -OCH3 is 1. The number of carboxylic acid groups (broad SMARTS) is 1. The van der Waals surface area contributed by atoms with Gasteiger partial charge in [0.1, 0.15) is 0 Å². The molecule has 2 atom stereocenters. The van der Waals surface area contributed by atoms with Gasteiger partial charge in [-0.25, -0.2) is 0 Å². The summed E-state index contributed by atoms with van der Waals surface area (Å²) < 4.78 is 5.11. The summed E-state index contributed by atoms with van der Waals surface area (Å²) >= 11 is 0. The van der Waals surface area contributed by atoms with E-state index in [1.807, 2.05) is 19.9 Å². The molecule has 5 heteroatoms. The van der Waals surface area contributed by atoms with Gasteiger partial charge in [-0.3, -0.25) is 14.4 Å². The molecule has 0 aliphatic heterocycles. The van der Waals surface area contributed by atoms with Gasteiger partial charge in [0, 0.05) is 12.0 Å². The van der Waals surface area contributed by atoms with Gasteiger partial charge in [0.2, 0.25) is 0 Å². The molecule has 0 heterocycles. The molecule has 30 heavy (non-hydrogen) atoms. The maximum Gasteiger partial charge on any atom is 0.311 e. The zero-order valence-corrected chi connectivity index (χ0v) is 19.4. The van der Waals surface area contributed by atoms with Crippen LogP contribution in [-0.4, -0.2) is 29.9 Å². The predicted octanol–water partition coefficient (Wildman–Crippen LogP) is 5.29. The van der Waals surface area contributed by atoms with Crippen molar-refractivity contribution in [1.29, 1.82) is 0 Å². The Labute approximate surface area is 180 Å². The molecule has 1 aliphatic rings. The normalized spacial score (nSPS) is 21.3. The van der Waals surface area contributed by atoms with E-state index in [4.69, 9.17) is 9.84 Å². The van der Waals surface area contributed by atoms with E-state index in [2.05, 4.69) is 33.8 Å². The van der Waals surface area contributed by atoms with E-state index < -0.39 is 11.4 Å². The fraction of sp³-hybridized carbons (Fsp3) is 0.640. The quantitative estimate of drug-likeness (QED) is 0.460. The first kappa shape index (κ1) is 24.1. The van der Waals surface area contributed by atoms with Gasteiger partial charge >= 0.3 is 11.9 Å². The number of Topliss-reactive ketones (excluding diaryl/α,β-unsaturated/α-hetero) is 1. The number of aliphatic carboxylic acids is 1. The van der Waals surface area contributed by atoms with Gasteiger partial charge in [0.25, 0.3) is 0 Å². The third-order valence-corrected chi connectivity index (χ3v) is 7.17. The number of ether oxygens (including phenoxy) is 1. The number of fused-ring (bicyclic) bond motifs is 1. The number of carbonyl (C=O) groups excluding carboxylic acids is 2. The van der Waals surface area contributed by atoms with Crippen molar-refractivity contribution >= 4 is 17.7 Å². The van der Waals surface area contributed by atoms with Gasteiger partial charge in [-0.05, 0) is 73.1 Å². The van der Waals surface area contributed by atoms with E-state index in [0.29, 0.717) is 5.56 Å². The zero-order chi connectivity index (χ0) is 22.9. The highest BCUT2D eigenvalue weighted by atomic mass is 16.5. The summed E-state index contributed by atoms with van der Waals surface area (Å²) in [6.07, 6.45) is 2.38. The topological polar surface area (TPSA) is 80.7 Å². The minimum absolute atomic E-state index is 0.00619. The first-order chi connectivity index (χ1) is 13.9. The molecule has 0 saturated heterocycles. The number of carboxylic acids is 1. The van der Waals surface area contributed by atoms with E-state index in [1.54, 1.807) is 0 Å². The van der Waals surface area contributed by atoms with Crippen LogP contribution in [0.15, 0.2) is 12.1 Å². The van der Waals surface area contributed by atoms with Crippen LogP contribution in [0.5, 0.6) is 0 Å². The summed E-state index contributed by atoms with van der Waals surface area (Å²) in [4.78, 5) is 36.5. The number of ketones is 1. The molecular weight excluding hydrogens is 380 g/mol. The van der Waals surface area contributed by atoms with Crippen LogP contribution in [0.2, 0.25) is 0 Å². The molecule has 0 aromatic heterocycles. The Morgan fingerprint density at radius 2 is 1.87 bits per heavy atom. The second kappa shape index (κ2) is 8.91. The third kappa shape index (κ3) is 4.30. The number of esters is 1. The van der Waals surface area contributed by atoms with Crippen molar-refractivity contribution in [3.05, 3.63) is 34.4 Å². The Kier molecular flexibility index (Phi) is 7.16. The fourth-order valence-electron chi connectivity index (χ4n) is 5.28. The Morgan fingerprint density at radius 3 is 2.37 bits per heavy atom. The lowest BCUT2D eigenvalue weighted by Crippen LogP contribution is -2.48. The molecule has 1 aromatic rings. The van der Waals surface area contributed by atoms with Crippen LogP contribution in [0.25, 0.3) is 0 Å². The largest absolute Gasteiger partial charge is 0.481 e. The van der Waals surface area contributed by atoms with Crippen LogP contribution in [0.3, 0.4) is 0 Å². The smallest absolute Gasteiger partial charge is 0.311 e. The first-order valence-electron chi connectivity index (χ1n) is 10.9. The lowest BCUT2D eigenvalue weighted by molar-refractivity contribution is -0.156. The molecular formula is C25H36O5. The number of carbonyl (C=O) groups is 3. The van der Waals surface area contributed by atoms with Crippen LogP contribution >= 0.6 is 0 Å². The van der Waals surface area contributed by atoms with Gasteiger partial charge in [-0.1, -0.05) is 33.8 Å². The van der Waals surface area contributed by atoms with Crippen LogP contribution < -0.4 is 0 Å². The molecule has 166 valence electrons. The summed E-state index contributed by atoms with van der Waals surface area (Å²) in [5, 5.41) is 9.00. The van der Waals surface area contributed by atoms with Crippen LogP contribution in [0.1, 0.15) is 100 Å². The van der Waals surface area contributed by atoms with Crippen molar-refractivity contribution in [2.45, 2.75) is 85.0 Å². The standard InChI is InChI=1S/C25H36O5/c1-8-25(6)19-14-18(20(26)10-12-22(27)28)17(15(2)3)13-16(19)9-11-21(25)24(4,5)23(29)30-7/h13-15,21H,8-12H2,1-7H3,(H,27,28)/t21-,25?/m0/s1. The Morgan fingerprint density at radius 1 is 1.23 bits per heavy atom. The first-order valence-corrected chi connectivity index (χ1v) is 10.9. The lowest BCUT2D eigenvalue weighted by atomic mass is 9.54. The molecule has 2 rings (SSSR count). The van der Waals surface area contributed by atoms with Gasteiger partial charge < -0.3 is 9.84 Å². The highest BCUT2D eigenvalue weighted by Crippen LogP contribution is 2.52. The van der Waals surface area contributed by atoms with Gasteiger partial charge in [0.15, 0.2) is 5.78 Å². The molecule has 0 amide bonds. The average Bonchev–Trinajstić information content (AvgIpc) is 2.70. The van der Waals surface area contributed by atoms with E-state index in [0.717, 1.165) is 30.4 Å². The number of hydrogen-bond acceptors (Lipinski definition) is 4. The molecule has 0 spiro atoms. The van der Waals surface area contributed by atoms with E-state index in [-0.39, 0.29) is 41.8 Å². The molecule has 1 N–H and O–H groups in total. The maximum absolute atomic E-state index is 13.0. The summed E-state index contributed by atoms with van der Waals surface area (Å²) in [5.41, 5.74) is 3.01. The minimum Gasteiger partial charge on any atom is -0.481 e. The van der Waals surface area contributed by atoms with Gasteiger partial charge in [-0.2, -0.15) is 0 Å².